The molecule has 2 aromatic rings. The molecule has 1 unspecified atom stereocenters. The Kier molecular flexibility index (Phi) is 3.10. The van der Waals surface area contributed by atoms with E-state index >= 15 is 0 Å². The molecule has 6 heteroatoms. The van der Waals surface area contributed by atoms with Crippen LogP contribution in [-0.4, -0.2) is 32.6 Å². The molecule has 18 heavy (non-hydrogen) atoms. The van der Waals surface area contributed by atoms with E-state index in [1.54, 1.807) is 0 Å². The van der Waals surface area contributed by atoms with Gasteiger partial charge >= 0.3 is 0 Å². The highest BCUT2D eigenvalue weighted by atomic mass is 16.5. The number of fused-ring (bicyclic) bond motifs is 1. The van der Waals surface area contributed by atoms with Gasteiger partial charge in [-0.1, -0.05) is 0 Å². The van der Waals surface area contributed by atoms with Crippen LogP contribution in [0.4, 0.5) is 5.82 Å². The van der Waals surface area contributed by atoms with Crippen molar-refractivity contribution in [3.8, 4) is 0 Å². The molecule has 0 aromatic carbocycles. The van der Waals surface area contributed by atoms with Gasteiger partial charge in [-0.2, -0.15) is 0 Å². The fraction of sp³-hybridized carbons (Fsp3) is 0.583. The van der Waals surface area contributed by atoms with Crippen LogP contribution in [0.5, 0.6) is 0 Å². The average molecular weight is 247 g/mol. The molecule has 1 aliphatic heterocycles. The van der Waals surface area contributed by atoms with Crippen LogP contribution in [0, 0.1) is 0 Å². The van der Waals surface area contributed by atoms with Crippen LogP contribution >= 0.6 is 0 Å². The van der Waals surface area contributed by atoms with Crippen molar-refractivity contribution in [2.75, 3.05) is 12.3 Å². The van der Waals surface area contributed by atoms with Gasteiger partial charge < -0.3 is 15.5 Å². The maximum absolute atomic E-state index is 5.76. The first-order chi connectivity index (χ1) is 8.83. The predicted molar refractivity (Wildman–Crippen MR) is 68.0 cm³/mol. The summed E-state index contributed by atoms with van der Waals surface area (Å²) in [6.45, 7) is 0.918. The first-order valence-corrected chi connectivity index (χ1v) is 6.39. The topological polar surface area (TPSA) is 89.7 Å². The van der Waals surface area contributed by atoms with E-state index in [0.29, 0.717) is 17.6 Å². The predicted octanol–water partition coefficient (Wildman–Crippen LogP) is 1.44. The van der Waals surface area contributed by atoms with Gasteiger partial charge in [0.15, 0.2) is 11.5 Å². The molecule has 2 aromatic heterocycles. The summed E-state index contributed by atoms with van der Waals surface area (Å²) in [7, 11) is 0. The van der Waals surface area contributed by atoms with Crippen LogP contribution in [0.3, 0.4) is 0 Å². The van der Waals surface area contributed by atoms with Crippen molar-refractivity contribution in [1.29, 1.82) is 0 Å². The van der Waals surface area contributed by atoms with Crippen molar-refractivity contribution in [1.82, 2.24) is 19.9 Å². The van der Waals surface area contributed by atoms with E-state index in [0.717, 1.165) is 37.2 Å². The normalized spacial score (nSPS) is 19.7. The van der Waals surface area contributed by atoms with Gasteiger partial charge in [0.2, 0.25) is 0 Å². The van der Waals surface area contributed by atoms with Crippen molar-refractivity contribution >= 4 is 17.0 Å². The number of nitrogens with zero attached hydrogens (tertiary/aromatic N) is 3. The summed E-state index contributed by atoms with van der Waals surface area (Å²) < 4.78 is 5.60. The molecule has 0 saturated carbocycles. The van der Waals surface area contributed by atoms with E-state index < -0.39 is 0 Å². The number of H-pyrrole nitrogens is 1. The number of ether oxygens (including phenoxy) is 1. The standard InChI is InChI=1S/C12H17N5O/c13-11-10-12(15-7-14-11)17-9(16-10)5-1-3-8-4-2-6-18-8/h7-8H,1-6H2,(H3,13,14,15,16,17). The van der Waals surface area contributed by atoms with Gasteiger partial charge in [0.05, 0.1) is 6.10 Å². The highest BCUT2D eigenvalue weighted by Crippen LogP contribution is 2.19. The van der Waals surface area contributed by atoms with Crippen molar-refractivity contribution in [2.24, 2.45) is 0 Å². The lowest BCUT2D eigenvalue weighted by molar-refractivity contribution is 0.102. The fourth-order valence-corrected chi connectivity index (χ4v) is 2.38. The molecule has 0 bridgehead atoms. The quantitative estimate of drug-likeness (QED) is 0.853. The molecular weight excluding hydrogens is 230 g/mol. The second kappa shape index (κ2) is 4.89. The summed E-state index contributed by atoms with van der Waals surface area (Å²) in [4.78, 5) is 15.6. The maximum Gasteiger partial charge on any atom is 0.183 e. The minimum absolute atomic E-state index is 0.444. The lowest BCUT2D eigenvalue weighted by atomic mass is 10.1. The molecule has 0 amide bonds. The summed E-state index contributed by atoms with van der Waals surface area (Å²) in [5.74, 6) is 1.38. The Labute approximate surface area is 105 Å². The van der Waals surface area contributed by atoms with Crippen molar-refractivity contribution in [2.45, 2.75) is 38.2 Å². The molecule has 1 atom stereocenters. The summed E-state index contributed by atoms with van der Waals surface area (Å²) >= 11 is 0. The highest BCUT2D eigenvalue weighted by Gasteiger charge is 2.15. The van der Waals surface area contributed by atoms with E-state index in [4.69, 9.17) is 10.5 Å². The van der Waals surface area contributed by atoms with Crippen molar-refractivity contribution in [3.63, 3.8) is 0 Å². The Morgan fingerprint density at radius 2 is 2.39 bits per heavy atom. The molecule has 96 valence electrons. The van der Waals surface area contributed by atoms with E-state index in [1.807, 2.05) is 0 Å². The maximum atomic E-state index is 5.76. The van der Waals surface area contributed by atoms with E-state index in [2.05, 4.69) is 19.9 Å². The van der Waals surface area contributed by atoms with Gasteiger partial charge in [0.25, 0.3) is 0 Å². The average Bonchev–Trinajstić information content (AvgIpc) is 2.98. The van der Waals surface area contributed by atoms with Gasteiger partial charge in [-0.25, -0.2) is 15.0 Å². The largest absolute Gasteiger partial charge is 0.382 e. The van der Waals surface area contributed by atoms with Gasteiger partial charge in [-0.15, -0.1) is 0 Å². The molecule has 3 heterocycles. The molecule has 1 fully saturated rings. The number of nitrogen functional groups attached to an aromatic ring is 1. The Bertz CT molecular complexity index is 532. The lowest BCUT2D eigenvalue weighted by Crippen LogP contribution is -2.05. The smallest absolute Gasteiger partial charge is 0.183 e. The van der Waals surface area contributed by atoms with Crippen LogP contribution in [0.2, 0.25) is 0 Å². The van der Waals surface area contributed by atoms with Crippen LogP contribution in [0.25, 0.3) is 11.2 Å². The Morgan fingerprint density at radius 3 is 3.17 bits per heavy atom. The number of imidazole rings is 1. The second-order valence-corrected chi connectivity index (χ2v) is 4.67. The van der Waals surface area contributed by atoms with E-state index in [1.165, 1.54) is 19.2 Å². The minimum Gasteiger partial charge on any atom is -0.382 e. The molecule has 0 spiro atoms. The van der Waals surface area contributed by atoms with Crippen LogP contribution in [-0.2, 0) is 11.2 Å². The molecule has 6 nitrogen and oxygen atoms in total. The van der Waals surface area contributed by atoms with Crippen LogP contribution in [0.1, 0.15) is 31.5 Å². The Morgan fingerprint density at radius 1 is 1.44 bits per heavy atom. The summed E-state index contributed by atoms with van der Waals surface area (Å²) in [6.07, 6.45) is 7.33. The zero-order chi connectivity index (χ0) is 12.4. The first kappa shape index (κ1) is 11.4. The van der Waals surface area contributed by atoms with Crippen molar-refractivity contribution < 1.29 is 4.74 Å². The van der Waals surface area contributed by atoms with Crippen LogP contribution in [0.15, 0.2) is 6.33 Å². The van der Waals surface area contributed by atoms with Gasteiger partial charge in [-0.3, -0.25) is 0 Å². The number of nitrogens with one attached hydrogen (secondary N) is 1. The highest BCUT2D eigenvalue weighted by molar-refractivity contribution is 5.80. The number of rotatable bonds is 4. The monoisotopic (exact) mass is 247 g/mol. The van der Waals surface area contributed by atoms with Gasteiger partial charge in [0.1, 0.15) is 17.7 Å². The zero-order valence-electron chi connectivity index (χ0n) is 10.2. The molecular formula is C12H17N5O. The summed E-state index contributed by atoms with van der Waals surface area (Å²) in [5, 5.41) is 0. The number of aromatic amines is 1. The Hall–Kier alpha value is -1.69. The molecule has 3 N–H and O–H groups in total. The summed E-state index contributed by atoms with van der Waals surface area (Å²) in [5.41, 5.74) is 7.14. The number of aromatic nitrogens is 4. The number of nitrogens with two attached hydrogens (primary N) is 1. The number of anilines is 1. The third-order valence-corrected chi connectivity index (χ3v) is 3.33. The molecule has 3 rings (SSSR count). The molecule has 1 saturated heterocycles. The van der Waals surface area contributed by atoms with Crippen molar-refractivity contribution in [3.05, 3.63) is 12.2 Å². The zero-order valence-corrected chi connectivity index (χ0v) is 10.2. The first-order valence-electron chi connectivity index (χ1n) is 6.39. The minimum atomic E-state index is 0.444. The number of hydrogen-bond acceptors (Lipinski definition) is 5. The van der Waals surface area contributed by atoms with Crippen LogP contribution < -0.4 is 5.73 Å². The van der Waals surface area contributed by atoms with E-state index in [-0.39, 0.29) is 0 Å². The fourth-order valence-electron chi connectivity index (χ4n) is 2.38. The number of hydrogen-bond donors (Lipinski definition) is 2. The summed E-state index contributed by atoms with van der Waals surface area (Å²) in [6, 6.07) is 0. The van der Waals surface area contributed by atoms with Gasteiger partial charge in [-0.05, 0) is 25.7 Å². The molecule has 1 aliphatic rings. The van der Waals surface area contributed by atoms with Gasteiger partial charge in [0, 0.05) is 13.0 Å². The Balaban J connectivity index is 1.62. The second-order valence-electron chi connectivity index (χ2n) is 4.67. The number of aryl methyl sites for hydroxylation is 1. The third kappa shape index (κ3) is 2.28. The SMILES string of the molecule is Nc1ncnc2nc(CCCC3CCCO3)[nH]c12. The lowest BCUT2D eigenvalue weighted by Gasteiger charge is -2.07. The molecule has 0 aliphatic carbocycles. The molecule has 0 radical (unpaired) electrons. The third-order valence-electron chi connectivity index (χ3n) is 3.33. The van der Waals surface area contributed by atoms with E-state index in [9.17, 15) is 0 Å².